The van der Waals surface area contributed by atoms with Crippen molar-refractivity contribution < 1.29 is 13.0 Å². The van der Waals surface area contributed by atoms with Gasteiger partial charge in [0.1, 0.15) is 0 Å². The molecular weight excluding hydrogens is 510 g/mol. The third kappa shape index (κ3) is 6.02. The quantitative estimate of drug-likeness (QED) is 0.200. The highest BCUT2D eigenvalue weighted by atomic mass is 32.2. The maximum Gasteiger partial charge on any atom is 0.424 e. The lowest BCUT2D eigenvalue weighted by Crippen LogP contribution is -2.38. The van der Waals surface area contributed by atoms with E-state index in [-0.39, 0.29) is 36.3 Å². The average Bonchev–Trinajstić information content (AvgIpc) is 3.17. The second kappa shape index (κ2) is 12.0. The number of hydrogen-bond donors (Lipinski definition) is 3. The number of halogens is 2. The molecule has 3 aromatic rings. The van der Waals surface area contributed by atoms with E-state index in [0.29, 0.717) is 17.0 Å². The molecule has 0 saturated heterocycles. The van der Waals surface area contributed by atoms with Crippen LogP contribution in [0.5, 0.6) is 0 Å². The van der Waals surface area contributed by atoms with Gasteiger partial charge in [0.15, 0.2) is 0 Å². The third-order valence-electron chi connectivity index (χ3n) is 7.68. The normalized spacial score (nSPS) is 18.9. The van der Waals surface area contributed by atoms with Gasteiger partial charge in [-0.05, 0) is 70.8 Å². The van der Waals surface area contributed by atoms with E-state index in [1.54, 1.807) is 0 Å². The lowest BCUT2D eigenvalue weighted by molar-refractivity contribution is 0.0951. The van der Waals surface area contributed by atoms with Crippen molar-refractivity contribution in [1.82, 2.24) is 20.2 Å². The highest BCUT2D eigenvalue weighted by Crippen LogP contribution is 2.38. The summed E-state index contributed by atoms with van der Waals surface area (Å²) in [6.45, 7) is 6.18. The van der Waals surface area contributed by atoms with E-state index < -0.39 is 9.46 Å². The molecule has 0 aliphatic heterocycles. The Morgan fingerprint density at radius 2 is 1.92 bits per heavy atom. The number of amides is 1. The highest BCUT2D eigenvalue weighted by molar-refractivity contribution is 7.98. The molecule has 1 aliphatic rings. The van der Waals surface area contributed by atoms with E-state index >= 15 is 0 Å². The summed E-state index contributed by atoms with van der Waals surface area (Å²) in [4.78, 5) is 29.7. The largest absolute Gasteiger partial charge is 0.424 e. The Balaban J connectivity index is 1.56. The number of H-pyrrole nitrogens is 1. The first kappa shape index (κ1) is 27.6. The van der Waals surface area contributed by atoms with Crippen molar-refractivity contribution in [1.29, 1.82) is 0 Å². The summed E-state index contributed by atoms with van der Waals surface area (Å²) in [5.41, 5.74) is 3.71. The fourth-order valence-corrected chi connectivity index (χ4v) is 6.99. The van der Waals surface area contributed by atoms with Gasteiger partial charge in [-0.15, -0.1) is 11.8 Å². The number of benzene rings is 1. The van der Waals surface area contributed by atoms with Crippen LogP contribution in [0.4, 0.5) is 8.22 Å². The zero-order chi connectivity index (χ0) is 26.7. The molecule has 10 heteroatoms. The van der Waals surface area contributed by atoms with E-state index in [1.807, 2.05) is 50.4 Å². The number of fused-ring (bicyclic) bond motifs is 1. The summed E-state index contributed by atoms with van der Waals surface area (Å²) in [5.74, 6) is 0.207. The number of aryl methyl sites for hydroxylation is 1. The first-order valence-electron chi connectivity index (χ1n) is 12.9. The van der Waals surface area contributed by atoms with Gasteiger partial charge < -0.3 is 20.2 Å². The van der Waals surface area contributed by atoms with Gasteiger partial charge in [-0.25, -0.2) is 0 Å². The van der Waals surface area contributed by atoms with Crippen LogP contribution >= 0.6 is 11.8 Å². The Morgan fingerprint density at radius 3 is 2.59 bits per heavy atom. The molecule has 1 aliphatic carbocycles. The van der Waals surface area contributed by atoms with Crippen LogP contribution in [0.1, 0.15) is 66.0 Å². The van der Waals surface area contributed by atoms with Crippen LogP contribution in [0.3, 0.4) is 0 Å². The number of carbonyl (C=O) groups is 1. The molecule has 6 nitrogen and oxygen atoms in total. The van der Waals surface area contributed by atoms with Crippen LogP contribution in [0, 0.1) is 19.8 Å². The van der Waals surface area contributed by atoms with Crippen molar-refractivity contribution >= 4 is 38.0 Å². The van der Waals surface area contributed by atoms with Crippen LogP contribution in [0.15, 0.2) is 40.0 Å². The molecule has 0 spiro atoms. The minimum absolute atomic E-state index is 0.113. The van der Waals surface area contributed by atoms with E-state index in [2.05, 4.69) is 27.1 Å². The second-order valence-corrected chi connectivity index (χ2v) is 12.0. The van der Waals surface area contributed by atoms with Gasteiger partial charge in [-0.2, -0.15) is 0 Å². The summed E-state index contributed by atoms with van der Waals surface area (Å²) in [6, 6.07) is 10.2. The van der Waals surface area contributed by atoms with Gasteiger partial charge in [0, 0.05) is 57.5 Å². The van der Waals surface area contributed by atoms with Crippen LogP contribution in [-0.2, 0) is 6.54 Å². The average molecular weight is 547 g/mol. The molecule has 2 heterocycles. The van der Waals surface area contributed by atoms with Gasteiger partial charge in [0.05, 0.1) is 5.56 Å². The minimum atomic E-state index is -3.58. The molecule has 0 radical (unpaired) electrons. The lowest BCUT2D eigenvalue weighted by atomic mass is 9.82. The van der Waals surface area contributed by atoms with Crippen molar-refractivity contribution in [2.45, 2.75) is 70.0 Å². The van der Waals surface area contributed by atoms with Gasteiger partial charge in [0.2, 0.25) is 0 Å². The van der Waals surface area contributed by atoms with E-state index in [1.165, 1.54) is 11.8 Å². The Labute approximate surface area is 222 Å². The zero-order valence-corrected chi connectivity index (χ0v) is 23.8. The minimum Gasteiger partial charge on any atom is -0.348 e. The maximum absolute atomic E-state index is 13.5. The number of carbonyl (C=O) groups excluding carboxylic acids is 1. The molecule has 37 heavy (non-hydrogen) atoms. The van der Waals surface area contributed by atoms with Crippen molar-refractivity contribution in [2.24, 2.45) is 5.92 Å². The Hall–Kier alpha value is -2.43. The number of para-hydroxylation sites is 1. The summed E-state index contributed by atoms with van der Waals surface area (Å²) in [5, 5.41) is 6.93. The monoisotopic (exact) mass is 546 g/mol. The van der Waals surface area contributed by atoms with Gasteiger partial charge in [-0.1, -0.05) is 18.2 Å². The van der Waals surface area contributed by atoms with Crippen molar-refractivity contribution in [2.75, 3.05) is 12.4 Å². The van der Waals surface area contributed by atoms with Crippen LogP contribution in [0.2, 0.25) is 0 Å². The molecule has 3 N–H and O–H groups in total. The fourth-order valence-electron chi connectivity index (χ4n) is 5.77. The Bertz CT molecular complexity index is 1320. The van der Waals surface area contributed by atoms with Gasteiger partial charge >= 0.3 is 9.46 Å². The standard InChI is InChI=1S/C27H36F2N4O2SSi/c1-16-13-24(36-4)22(26(34)32-16)14-30-27(35)25-18(3)33(23-8-6-5-7-21(23)25)17(2)19-9-11-20(12-10-19)31-15-37(28)29/h5-8,13,17,19-20,31,37H,9-12,14-15H2,1-4H3,(H,30,35)(H,32,34)/t17-,19?,20?/m1/s1. The first-order valence-corrected chi connectivity index (χ1v) is 15.8. The number of pyridine rings is 1. The SMILES string of the molecule is CSc1cc(C)[nH]c(=O)c1CNC(=O)c1c(C)n([C@H](C)C2CCC(NC[SiH](F)F)CC2)c2ccccc12. The third-order valence-corrected chi connectivity index (χ3v) is 9.03. The van der Waals surface area contributed by atoms with Crippen LogP contribution in [-0.4, -0.2) is 43.4 Å². The van der Waals surface area contributed by atoms with E-state index in [9.17, 15) is 17.8 Å². The van der Waals surface area contributed by atoms with Crippen LogP contribution in [0.25, 0.3) is 10.9 Å². The predicted molar refractivity (Wildman–Crippen MR) is 149 cm³/mol. The summed E-state index contributed by atoms with van der Waals surface area (Å²) >= 11 is 1.49. The second-order valence-electron chi connectivity index (χ2n) is 10.0. The molecular formula is C27H36F2N4O2SSi. The van der Waals surface area contributed by atoms with Gasteiger partial charge in [0.25, 0.3) is 11.5 Å². The Kier molecular flexibility index (Phi) is 8.92. The topological polar surface area (TPSA) is 78.9 Å². The number of aromatic nitrogens is 2. The summed E-state index contributed by atoms with van der Waals surface area (Å²) in [6.07, 6.45) is 5.52. The zero-order valence-electron chi connectivity index (χ0n) is 21.9. The van der Waals surface area contributed by atoms with Crippen molar-refractivity contribution in [3.05, 3.63) is 63.2 Å². The van der Waals surface area contributed by atoms with E-state index in [4.69, 9.17) is 0 Å². The van der Waals surface area contributed by atoms with Gasteiger partial charge in [-0.3, -0.25) is 17.8 Å². The molecule has 1 amide bonds. The summed E-state index contributed by atoms with van der Waals surface area (Å²) < 4.78 is 27.7. The smallest absolute Gasteiger partial charge is 0.348 e. The highest BCUT2D eigenvalue weighted by Gasteiger charge is 2.30. The lowest BCUT2D eigenvalue weighted by Gasteiger charge is -2.34. The molecule has 1 fully saturated rings. The number of nitrogens with zero attached hydrogens (tertiary/aromatic N) is 1. The van der Waals surface area contributed by atoms with Crippen molar-refractivity contribution in [3.8, 4) is 0 Å². The van der Waals surface area contributed by atoms with Crippen molar-refractivity contribution in [3.63, 3.8) is 0 Å². The number of aromatic amines is 1. The number of rotatable bonds is 9. The predicted octanol–water partition coefficient (Wildman–Crippen LogP) is 5.01. The molecule has 0 bridgehead atoms. The molecule has 4 rings (SSSR count). The number of thioether (sulfide) groups is 1. The summed E-state index contributed by atoms with van der Waals surface area (Å²) in [7, 11) is -3.58. The molecule has 1 aromatic carbocycles. The molecule has 2 aromatic heterocycles. The molecule has 1 saturated carbocycles. The first-order chi connectivity index (χ1) is 17.7. The Morgan fingerprint density at radius 1 is 1.22 bits per heavy atom. The van der Waals surface area contributed by atoms with Crippen LogP contribution < -0.4 is 16.2 Å². The maximum atomic E-state index is 13.5. The molecule has 200 valence electrons. The molecule has 0 unspecified atom stereocenters. The number of nitrogens with one attached hydrogen (secondary N) is 3. The molecule has 1 atom stereocenters. The number of hydrogen-bond acceptors (Lipinski definition) is 4. The van der Waals surface area contributed by atoms with E-state index in [0.717, 1.165) is 52.9 Å². The fraction of sp³-hybridized carbons (Fsp3) is 0.481.